The van der Waals surface area contributed by atoms with Gasteiger partial charge in [0, 0.05) is 43.2 Å². The Hall–Kier alpha value is -2.41. The van der Waals surface area contributed by atoms with Gasteiger partial charge in [0.05, 0.1) is 13.2 Å². The summed E-state index contributed by atoms with van der Waals surface area (Å²) in [6.07, 6.45) is 3.54. The van der Waals surface area contributed by atoms with Crippen molar-refractivity contribution in [1.82, 2.24) is 9.47 Å². The molecule has 0 saturated carbocycles. The average molecular weight is 346 g/mol. The van der Waals surface area contributed by atoms with E-state index in [9.17, 15) is 19.5 Å². The molecule has 0 bridgehead atoms. The molecule has 3 rings (SSSR count). The summed E-state index contributed by atoms with van der Waals surface area (Å²) in [5, 5.41) is 9.87. The van der Waals surface area contributed by atoms with E-state index < -0.39 is 24.0 Å². The van der Waals surface area contributed by atoms with Gasteiger partial charge < -0.3 is 19.3 Å². The lowest BCUT2D eigenvalue weighted by Gasteiger charge is -2.28. The van der Waals surface area contributed by atoms with E-state index in [1.807, 2.05) is 13.0 Å². The highest BCUT2D eigenvalue weighted by molar-refractivity contribution is 5.85. The van der Waals surface area contributed by atoms with Gasteiger partial charge in [-0.2, -0.15) is 0 Å². The molecule has 1 saturated heterocycles. The molecule has 1 N–H and O–H groups in total. The number of hydrogen-bond donors (Lipinski definition) is 1. The Balaban J connectivity index is 2.13. The average Bonchev–Trinajstić information content (AvgIpc) is 3.11. The maximum atomic E-state index is 12.7. The van der Waals surface area contributed by atoms with E-state index in [0.717, 1.165) is 0 Å². The van der Waals surface area contributed by atoms with Gasteiger partial charge in [-0.25, -0.2) is 4.79 Å². The highest BCUT2D eigenvalue weighted by Gasteiger charge is 2.57. The monoisotopic (exact) mass is 346 g/mol. The van der Waals surface area contributed by atoms with Crippen molar-refractivity contribution in [2.75, 3.05) is 13.7 Å². The molecule has 1 amide bonds. The van der Waals surface area contributed by atoms with Gasteiger partial charge in [-0.15, -0.1) is 0 Å². The number of carbonyl (C=O) groups excluding carboxylic acids is 2. The summed E-state index contributed by atoms with van der Waals surface area (Å²) in [4.78, 5) is 38.7. The van der Waals surface area contributed by atoms with Crippen LogP contribution in [0.5, 0.6) is 0 Å². The minimum absolute atomic E-state index is 0.125. The van der Waals surface area contributed by atoms with Crippen LogP contribution in [0.3, 0.4) is 0 Å². The predicted octanol–water partition coefficient (Wildman–Crippen LogP) is 0.565. The number of methoxy groups -OCH3 is 1. The van der Waals surface area contributed by atoms with Crippen LogP contribution in [0.2, 0.25) is 0 Å². The fourth-order valence-corrected chi connectivity index (χ4v) is 4.26. The summed E-state index contributed by atoms with van der Waals surface area (Å²) in [5.41, 5.74) is 1.15. The number of hydrogen-bond acceptors (Lipinski definition) is 5. The Morgan fingerprint density at radius 3 is 2.68 bits per heavy atom. The molecule has 1 aromatic heterocycles. The molecule has 1 fully saturated rings. The van der Waals surface area contributed by atoms with Crippen LogP contribution in [0.15, 0.2) is 23.0 Å². The van der Waals surface area contributed by atoms with Crippen molar-refractivity contribution in [2.45, 2.75) is 32.5 Å². The van der Waals surface area contributed by atoms with Crippen LogP contribution in [-0.4, -0.2) is 46.2 Å². The van der Waals surface area contributed by atoms with Gasteiger partial charge in [0.15, 0.2) is 0 Å². The van der Waals surface area contributed by atoms with Crippen molar-refractivity contribution in [2.24, 2.45) is 11.8 Å². The third kappa shape index (κ3) is 2.50. The number of esters is 1. The van der Waals surface area contributed by atoms with E-state index in [0.29, 0.717) is 17.8 Å². The maximum absolute atomic E-state index is 12.7. The molecular formula is C18H22N2O5. The number of nitrogens with zero attached hydrogens (tertiary/aromatic N) is 2. The smallest absolute Gasteiger partial charge is 0.328 e. The SMILES string of the molecule is C/C=C\c1ccc2n(c1=O)C[C@@H]1[C@@H](CO)[C@H](C(=O)OC)N(C(C)=O)[C@H]21. The number of likely N-dealkylation sites (tertiary alicyclic amines) is 1. The Kier molecular flexibility index (Phi) is 4.51. The van der Waals surface area contributed by atoms with Gasteiger partial charge in [-0.05, 0) is 19.1 Å². The fourth-order valence-electron chi connectivity index (χ4n) is 4.26. The molecule has 3 heterocycles. The van der Waals surface area contributed by atoms with Crippen LogP contribution in [0.4, 0.5) is 0 Å². The molecule has 2 aliphatic rings. The Bertz CT molecular complexity index is 797. The van der Waals surface area contributed by atoms with Crippen LogP contribution >= 0.6 is 0 Å². The van der Waals surface area contributed by atoms with Crippen molar-refractivity contribution >= 4 is 18.0 Å². The van der Waals surface area contributed by atoms with Crippen LogP contribution in [0.1, 0.15) is 31.1 Å². The second kappa shape index (κ2) is 6.48. The molecule has 7 heteroatoms. The molecule has 2 aliphatic heterocycles. The molecule has 25 heavy (non-hydrogen) atoms. The van der Waals surface area contributed by atoms with Crippen molar-refractivity contribution in [3.63, 3.8) is 0 Å². The lowest BCUT2D eigenvalue weighted by molar-refractivity contribution is -0.153. The van der Waals surface area contributed by atoms with Crippen LogP contribution in [0.25, 0.3) is 6.08 Å². The minimum atomic E-state index is -0.832. The van der Waals surface area contributed by atoms with Crippen LogP contribution in [0, 0.1) is 11.8 Å². The molecule has 0 spiro atoms. The summed E-state index contributed by atoms with van der Waals surface area (Å²) in [6, 6.07) is 2.31. The zero-order chi connectivity index (χ0) is 18.3. The summed E-state index contributed by atoms with van der Waals surface area (Å²) in [6.45, 7) is 3.34. The minimum Gasteiger partial charge on any atom is -0.467 e. The molecule has 0 aliphatic carbocycles. The number of aromatic nitrogens is 1. The number of aliphatic hydroxyl groups excluding tert-OH is 1. The van der Waals surface area contributed by atoms with Crippen molar-refractivity contribution < 1.29 is 19.4 Å². The van der Waals surface area contributed by atoms with Gasteiger partial charge in [0.1, 0.15) is 6.04 Å². The third-order valence-corrected chi connectivity index (χ3v) is 5.26. The number of aliphatic hydroxyl groups is 1. The van der Waals surface area contributed by atoms with Gasteiger partial charge in [-0.3, -0.25) is 9.59 Å². The normalized spacial score (nSPS) is 27.4. The van der Waals surface area contributed by atoms with Crippen LogP contribution in [-0.2, 0) is 20.9 Å². The summed E-state index contributed by atoms with van der Waals surface area (Å²) in [7, 11) is 1.27. The topological polar surface area (TPSA) is 88.8 Å². The van der Waals surface area contributed by atoms with Crippen molar-refractivity contribution in [3.8, 4) is 0 Å². The van der Waals surface area contributed by atoms with E-state index >= 15 is 0 Å². The van der Waals surface area contributed by atoms with Crippen molar-refractivity contribution in [3.05, 3.63) is 39.8 Å². The molecule has 134 valence electrons. The highest BCUT2D eigenvalue weighted by Crippen LogP contribution is 2.49. The Morgan fingerprint density at radius 1 is 1.40 bits per heavy atom. The first kappa shape index (κ1) is 17.4. The number of allylic oxidation sites excluding steroid dienone is 1. The van der Waals surface area contributed by atoms with E-state index in [1.54, 1.807) is 22.8 Å². The zero-order valence-corrected chi connectivity index (χ0v) is 14.5. The third-order valence-electron chi connectivity index (χ3n) is 5.26. The zero-order valence-electron chi connectivity index (χ0n) is 14.5. The van der Waals surface area contributed by atoms with Gasteiger partial charge in [0.2, 0.25) is 5.91 Å². The quantitative estimate of drug-likeness (QED) is 0.808. The lowest BCUT2D eigenvalue weighted by atomic mass is 9.88. The maximum Gasteiger partial charge on any atom is 0.328 e. The van der Waals surface area contributed by atoms with E-state index in [1.165, 1.54) is 18.9 Å². The van der Waals surface area contributed by atoms with Crippen molar-refractivity contribution in [1.29, 1.82) is 0 Å². The molecule has 4 atom stereocenters. The van der Waals surface area contributed by atoms with Gasteiger partial charge in [0.25, 0.3) is 5.56 Å². The molecule has 0 radical (unpaired) electrons. The number of carbonyl (C=O) groups is 2. The fraction of sp³-hybridized carbons (Fsp3) is 0.500. The second-order valence-electron chi connectivity index (χ2n) is 6.48. The Labute approximate surface area is 145 Å². The first-order valence-electron chi connectivity index (χ1n) is 8.30. The summed E-state index contributed by atoms with van der Waals surface area (Å²) < 4.78 is 6.50. The molecule has 0 unspecified atom stereocenters. The summed E-state index contributed by atoms with van der Waals surface area (Å²) in [5.74, 6) is -1.49. The number of fused-ring (bicyclic) bond motifs is 3. The predicted molar refractivity (Wildman–Crippen MR) is 90.5 cm³/mol. The lowest BCUT2D eigenvalue weighted by Crippen LogP contribution is -2.45. The van der Waals surface area contributed by atoms with Crippen LogP contribution < -0.4 is 5.56 Å². The molecule has 1 aromatic rings. The second-order valence-corrected chi connectivity index (χ2v) is 6.48. The largest absolute Gasteiger partial charge is 0.467 e. The number of amides is 1. The first-order valence-corrected chi connectivity index (χ1v) is 8.30. The van der Waals surface area contributed by atoms with Gasteiger partial charge in [-0.1, -0.05) is 12.2 Å². The number of rotatable bonds is 3. The summed E-state index contributed by atoms with van der Waals surface area (Å²) >= 11 is 0. The number of ether oxygens (including phenoxy) is 1. The standard InChI is InChI=1S/C18H22N2O5/c1-4-5-11-6-7-14-15-12(8-19(14)17(11)23)13(9-21)16(18(24)25-3)20(15)10(2)22/h4-7,12-13,15-16,21H,8-9H2,1-3H3/b5-4-/t12-,13-,15+,16-/m1/s1. The van der Waals surface area contributed by atoms with E-state index in [4.69, 9.17) is 4.74 Å². The van der Waals surface area contributed by atoms with E-state index in [-0.39, 0.29) is 24.0 Å². The highest BCUT2D eigenvalue weighted by atomic mass is 16.5. The first-order chi connectivity index (χ1) is 12.0. The molecular weight excluding hydrogens is 324 g/mol. The molecule has 7 nitrogen and oxygen atoms in total. The van der Waals surface area contributed by atoms with Gasteiger partial charge >= 0.3 is 5.97 Å². The Morgan fingerprint density at radius 2 is 2.12 bits per heavy atom. The number of pyridine rings is 1. The molecule has 0 aromatic carbocycles. The van der Waals surface area contributed by atoms with E-state index in [2.05, 4.69) is 0 Å².